The minimum Gasteiger partial charge on any atom is -0.488 e. The Kier molecular flexibility index (Phi) is 4.37. The van der Waals surface area contributed by atoms with Gasteiger partial charge >= 0.3 is 0 Å². The molecule has 1 aliphatic rings. The maximum atomic E-state index is 6.07. The normalized spacial score (nSPS) is 24.6. The molecule has 1 aromatic heterocycles. The Labute approximate surface area is 103 Å². The molecule has 0 amide bonds. The van der Waals surface area contributed by atoms with Crippen LogP contribution in [-0.4, -0.2) is 11.1 Å². The van der Waals surface area contributed by atoms with E-state index in [1.54, 1.807) is 12.4 Å². The van der Waals surface area contributed by atoms with Gasteiger partial charge in [0.2, 0.25) is 0 Å². The van der Waals surface area contributed by atoms with E-state index >= 15 is 0 Å². The molecule has 0 spiro atoms. The number of hydrogen-bond acceptors (Lipinski definition) is 3. The zero-order valence-electron chi connectivity index (χ0n) is 10.6. The Morgan fingerprint density at radius 3 is 3.12 bits per heavy atom. The zero-order chi connectivity index (χ0) is 12.1. The van der Waals surface area contributed by atoms with Gasteiger partial charge in [-0.2, -0.15) is 0 Å². The second-order valence-electron chi connectivity index (χ2n) is 4.87. The first-order valence-electron chi connectivity index (χ1n) is 6.63. The van der Waals surface area contributed by atoms with Crippen LogP contribution in [0.5, 0.6) is 5.75 Å². The van der Waals surface area contributed by atoms with Crippen LogP contribution in [-0.2, 0) is 6.54 Å². The van der Waals surface area contributed by atoms with E-state index in [1.807, 2.05) is 6.07 Å². The molecule has 1 aliphatic carbocycles. The van der Waals surface area contributed by atoms with Crippen LogP contribution >= 0.6 is 0 Å². The Hall–Kier alpha value is -1.09. The summed E-state index contributed by atoms with van der Waals surface area (Å²) in [4.78, 5) is 4.12. The van der Waals surface area contributed by atoms with Crippen molar-refractivity contribution in [2.45, 2.75) is 51.7 Å². The van der Waals surface area contributed by atoms with Crippen molar-refractivity contribution in [3.63, 3.8) is 0 Å². The lowest BCUT2D eigenvalue weighted by molar-refractivity contribution is 0.120. The lowest BCUT2D eigenvalue weighted by atomic mass is 9.85. The Morgan fingerprint density at radius 1 is 1.47 bits per heavy atom. The lowest BCUT2D eigenvalue weighted by Gasteiger charge is -2.29. The molecule has 0 aromatic carbocycles. The topological polar surface area (TPSA) is 48.1 Å². The predicted molar refractivity (Wildman–Crippen MR) is 68.8 cm³/mol. The molecule has 1 saturated carbocycles. The van der Waals surface area contributed by atoms with Gasteiger partial charge in [0.25, 0.3) is 0 Å². The van der Waals surface area contributed by atoms with Crippen molar-refractivity contribution < 1.29 is 4.74 Å². The van der Waals surface area contributed by atoms with Gasteiger partial charge in [-0.3, -0.25) is 4.98 Å². The minimum absolute atomic E-state index is 0.350. The van der Waals surface area contributed by atoms with Crippen LogP contribution < -0.4 is 10.5 Å². The standard InChI is InChI=1S/C14H22N2O/c1-2-11-4-3-5-13(8-11)17-14-10-16-7-6-12(14)9-15/h6-7,10-11,13H,2-5,8-9,15H2,1H3. The highest BCUT2D eigenvalue weighted by molar-refractivity contribution is 5.29. The smallest absolute Gasteiger partial charge is 0.142 e. The monoisotopic (exact) mass is 234 g/mol. The van der Waals surface area contributed by atoms with E-state index in [4.69, 9.17) is 10.5 Å². The zero-order valence-corrected chi connectivity index (χ0v) is 10.6. The largest absolute Gasteiger partial charge is 0.488 e. The summed E-state index contributed by atoms with van der Waals surface area (Å²) in [7, 11) is 0. The fourth-order valence-electron chi connectivity index (χ4n) is 2.58. The number of ether oxygens (including phenoxy) is 1. The quantitative estimate of drug-likeness (QED) is 0.871. The highest BCUT2D eigenvalue weighted by Gasteiger charge is 2.22. The number of hydrogen-bond donors (Lipinski definition) is 1. The average molecular weight is 234 g/mol. The maximum Gasteiger partial charge on any atom is 0.142 e. The van der Waals surface area contributed by atoms with Gasteiger partial charge in [0.1, 0.15) is 5.75 Å². The van der Waals surface area contributed by atoms with E-state index in [9.17, 15) is 0 Å². The summed E-state index contributed by atoms with van der Waals surface area (Å²) in [5.74, 6) is 1.70. The first-order valence-corrected chi connectivity index (χ1v) is 6.63. The molecule has 1 heterocycles. The third-order valence-electron chi connectivity index (χ3n) is 3.70. The molecule has 2 N–H and O–H groups in total. The van der Waals surface area contributed by atoms with E-state index < -0.39 is 0 Å². The summed E-state index contributed by atoms with van der Waals surface area (Å²) in [6, 6.07) is 1.94. The maximum absolute atomic E-state index is 6.07. The average Bonchev–Trinajstić information content (AvgIpc) is 2.39. The van der Waals surface area contributed by atoms with Crippen molar-refractivity contribution in [2.24, 2.45) is 11.7 Å². The highest BCUT2D eigenvalue weighted by Crippen LogP contribution is 2.30. The molecule has 0 aliphatic heterocycles. The molecule has 0 saturated heterocycles. The Morgan fingerprint density at radius 2 is 2.35 bits per heavy atom. The summed E-state index contributed by atoms with van der Waals surface area (Å²) < 4.78 is 6.07. The molecular weight excluding hydrogens is 212 g/mol. The molecule has 94 valence electrons. The van der Waals surface area contributed by atoms with Crippen molar-refractivity contribution in [3.05, 3.63) is 24.0 Å². The summed E-state index contributed by atoms with van der Waals surface area (Å²) in [6.07, 6.45) is 10.1. The Bertz CT molecular complexity index is 354. The summed E-state index contributed by atoms with van der Waals surface area (Å²) >= 11 is 0. The van der Waals surface area contributed by atoms with Gasteiger partial charge in [0.15, 0.2) is 0 Å². The van der Waals surface area contributed by atoms with E-state index in [0.29, 0.717) is 12.6 Å². The molecule has 2 atom stereocenters. The molecule has 17 heavy (non-hydrogen) atoms. The minimum atomic E-state index is 0.350. The summed E-state index contributed by atoms with van der Waals surface area (Å²) in [5, 5.41) is 0. The molecule has 3 heteroatoms. The number of nitrogens with zero attached hydrogens (tertiary/aromatic N) is 1. The number of nitrogens with two attached hydrogens (primary N) is 1. The molecule has 0 bridgehead atoms. The molecule has 1 fully saturated rings. The van der Waals surface area contributed by atoms with Crippen molar-refractivity contribution in [3.8, 4) is 5.75 Å². The van der Waals surface area contributed by atoms with Crippen LogP contribution in [0.4, 0.5) is 0 Å². The van der Waals surface area contributed by atoms with E-state index in [1.165, 1.54) is 25.7 Å². The van der Waals surface area contributed by atoms with Crippen LogP contribution in [0.25, 0.3) is 0 Å². The molecule has 1 aromatic rings. The van der Waals surface area contributed by atoms with Gasteiger partial charge in [0, 0.05) is 18.3 Å². The van der Waals surface area contributed by atoms with Gasteiger partial charge in [-0.1, -0.05) is 19.8 Å². The van der Waals surface area contributed by atoms with Crippen molar-refractivity contribution in [1.29, 1.82) is 0 Å². The van der Waals surface area contributed by atoms with Crippen molar-refractivity contribution in [2.75, 3.05) is 0 Å². The Balaban J connectivity index is 2.00. The molecule has 2 rings (SSSR count). The first-order chi connectivity index (χ1) is 8.33. The van der Waals surface area contributed by atoms with Crippen LogP contribution in [0.2, 0.25) is 0 Å². The van der Waals surface area contributed by atoms with E-state index in [-0.39, 0.29) is 0 Å². The molecular formula is C14H22N2O. The van der Waals surface area contributed by atoms with Crippen molar-refractivity contribution >= 4 is 0 Å². The van der Waals surface area contributed by atoms with E-state index in [2.05, 4.69) is 11.9 Å². The van der Waals surface area contributed by atoms with Crippen LogP contribution in [0, 0.1) is 5.92 Å². The third kappa shape index (κ3) is 3.19. The predicted octanol–water partition coefficient (Wildman–Crippen LogP) is 2.89. The number of rotatable bonds is 4. The second kappa shape index (κ2) is 6.01. The molecule has 3 nitrogen and oxygen atoms in total. The van der Waals surface area contributed by atoms with Gasteiger partial charge in [0.05, 0.1) is 12.3 Å². The van der Waals surface area contributed by atoms with Gasteiger partial charge in [-0.15, -0.1) is 0 Å². The fraction of sp³-hybridized carbons (Fsp3) is 0.643. The number of pyridine rings is 1. The third-order valence-corrected chi connectivity index (χ3v) is 3.70. The van der Waals surface area contributed by atoms with Crippen LogP contribution in [0.15, 0.2) is 18.5 Å². The first kappa shape index (κ1) is 12.4. The molecule has 0 radical (unpaired) electrons. The summed E-state index contributed by atoms with van der Waals surface area (Å²) in [5.41, 5.74) is 6.76. The molecule has 2 unspecified atom stereocenters. The number of aromatic nitrogens is 1. The second-order valence-corrected chi connectivity index (χ2v) is 4.87. The fourth-order valence-corrected chi connectivity index (χ4v) is 2.58. The SMILES string of the molecule is CCC1CCCC(Oc2cnccc2CN)C1. The van der Waals surface area contributed by atoms with Crippen LogP contribution in [0.3, 0.4) is 0 Å². The van der Waals surface area contributed by atoms with Crippen molar-refractivity contribution in [1.82, 2.24) is 4.98 Å². The lowest BCUT2D eigenvalue weighted by Crippen LogP contribution is -2.25. The summed E-state index contributed by atoms with van der Waals surface area (Å²) in [6.45, 7) is 2.78. The highest BCUT2D eigenvalue weighted by atomic mass is 16.5. The van der Waals surface area contributed by atoms with Gasteiger partial charge in [-0.25, -0.2) is 0 Å². The van der Waals surface area contributed by atoms with Gasteiger partial charge in [-0.05, 0) is 31.2 Å². The van der Waals surface area contributed by atoms with Crippen LogP contribution in [0.1, 0.15) is 44.6 Å². The van der Waals surface area contributed by atoms with Gasteiger partial charge < -0.3 is 10.5 Å². The van der Waals surface area contributed by atoms with E-state index in [0.717, 1.165) is 23.7 Å².